The minimum atomic E-state index is -1.84. The Bertz CT molecular complexity index is 279. The van der Waals surface area contributed by atoms with E-state index in [-0.39, 0.29) is 6.10 Å². The van der Waals surface area contributed by atoms with E-state index in [1.165, 1.54) is 0 Å². The zero-order chi connectivity index (χ0) is 9.86. The van der Waals surface area contributed by atoms with Crippen LogP contribution < -0.4 is 5.32 Å². The van der Waals surface area contributed by atoms with E-state index in [9.17, 15) is 4.21 Å². The SMILES string of the molecule is O=S1(=NCC2CNCCO2)CCCC1. The monoisotopic (exact) mass is 218 g/mol. The summed E-state index contributed by atoms with van der Waals surface area (Å²) < 4.78 is 21.8. The Labute approximate surface area is 85.6 Å². The van der Waals surface area contributed by atoms with Crippen LogP contribution in [0.2, 0.25) is 0 Å². The molecule has 0 saturated carbocycles. The topological polar surface area (TPSA) is 50.7 Å². The summed E-state index contributed by atoms with van der Waals surface area (Å²) in [5, 5.41) is 3.24. The Kier molecular flexibility index (Phi) is 3.41. The summed E-state index contributed by atoms with van der Waals surface area (Å²) in [6.45, 7) is 3.12. The molecular formula is C9H18N2O2S. The molecule has 2 rings (SSSR count). The third-order valence-electron chi connectivity index (χ3n) is 2.69. The van der Waals surface area contributed by atoms with Crippen LogP contribution in [0.1, 0.15) is 12.8 Å². The molecule has 1 atom stereocenters. The molecule has 2 fully saturated rings. The Morgan fingerprint density at radius 3 is 2.86 bits per heavy atom. The van der Waals surface area contributed by atoms with Crippen molar-refractivity contribution in [1.82, 2.24) is 5.32 Å². The maximum atomic E-state index is 12.0. The van der Waals surface area contributed by atoms with Gasteiger partial charge in [0.05, 0.1) is 19.3 Å². The van der Waals surface area contributed by atoms with Crippen molar-refractivity contribution in [1.29, 1.82) is 0 Å². The van der Waals surface area contributed by atoms with Gasteiger partial charge in [-0.25, -0.2) is 8.57 Å². The maximum Gasteiger partial charge on any atom is 0.0902 e. The molecule has 2 aliphatic rings. The Morgan fingerprint density at radius 2 is 2.21 bits per heavy atom. The molecule has 0 aromatic rings. The number of hydrogen-bond acceptors (Lipinski definition) is 4. The largest absolute Gasteiger partial charge is 0.374 e. The highest BCUT2D eigenvalue weighted by molar-refractivity contribution is 7.93. The first-order chi connectivity index (χ1) is 6.79. The first-order valence-electron chi connectivity index (χ1n) is 5.29. The van der Waals surface area contributed by atoms with Crippen molar-refractivity contribution in [3.8, 4) is 0 Å². The number of nitrogens with zero attached hydrogens (tertiary/aromatic N) is 1. The molecule has 0 aromatic heterocycles. The van der Waals surface area contributed by atoms with E-state index >= 15 is 0 Å². The van der Waals surface area contributed by atoms with Crippen LogP contribution in [0.4, 0.5) is 0 Å². The molecule has 0 radical (unpaired) electrons. The molecule has 0 spiro atoms. The fourth-order valence-electron chi connectivity index (χ4n) is 1.84. The summed E-state index contributed by atoms with van der Waals surface area (Å²) >= 11 is 0. The van der Waals surface area contributed by atoms with Gasteiger partial charge in [0.15, 0.2) is 0 Å². The standard InChI is InChI=1S/C9H18N2O2S/c12-14(5-1-2-6-14)11-8-9-7-10-3-4-13-9/h9-10H,1-8H2. The van der Waals surface area contributed by atoms with Crippen molar-refractivity contribution in [3.63, 3.8) is 0 Å². The number of rotatable bonds is 2. The van der Waals surface area contributed by atoms with Crippen molar-refractivity contribution in [2.45, 2.75) is 18.9 Å². The second kappa shape index (κ2) is 4.59. The third kappa shape index (κ3) is 2.68. The fourth-order valence-corrected chi connectivity index (χ4v) is 4.05. The van der Waals surface area contributed by atoms with Gasteiger partial charge in [0.25, 0.3) is 0 Å². The molecule has 2 heterocycles. The predicted molar refractivity (Wildman–Crippen MR) is 57.0 cm³/mol. The van der Waals surface area contributed by atoms with Crippen molar-refractivity contribution < 1.29 is 8.95 Å². The van der Waals surface area contributed by atoms with Crippen LogP contribution in [0.25, 0.3) is 0 Å². The van der Waals surface area contributed by atoms with E-state index in [2.05, 4.69) is 9.68 Å². The molecule has 0 amide bonds. The van der Waals surface area contributed by atoms with E-state index in [0.717, 1.165) is 44.0 Å². The summed E-state index contributed by atoms with van der Waals surface area (Å²) in [5.74, 6) is 1.60. The lowest BCUT2D eigenvalue weighted by Gasteiger charge is -2.22. The molecule has 0 aromatic carbocycles. The van der Waals surface area contributed by atoms with Gasteiger partial charge in [0.1, 0.15) is 0 Å². The Balaban J connectivity index is 1.88. The lowest BCUT2D eigenvalue weighted by Crippen LogP contribution is -2.40. The lowest BCUT2D eigenvalue weighted by atomic mass is 10.3. The molecule has 82 valence electrons. The Morgan fingerprint density at radius 1 is 1.43 bits per heavy atom. The molecule has 1 N–H and O–H groups in total. The minimum absolute atomic E-state index is 0.141. The van der Waals surface area contributed by atoms with Crippen LogP contribution in [-0.4, -0.2) is 48.1 Å². The number of hydrogen-bond donors (Lipinski definition) is 1. The Hall–Kier alpha value is -0.130. The third-order valence-corrected chi connectivity index (χ3v) is 5.17. The molecule has 2 aliphatic heterocycles. The van der Waals surface area contributed by atoms with Crippen LogP contribution in [0, 0.1) is 0 Å². The van der Waals surface area contributed by atoms with Crippen LogP contribution in [0.3, 0.4) is 0 Å². The molecule has 2 saturated heterocycles. The second-order valence-electron chi connectivity index (χ2n) is 3.90. The highest BCUT2D eigenvalue weighted by Gasteiger charge is 2.18. The van der Waals surface area contributed by atoms with Gasteiger partial charge in [-0.2, -0.15) is 0 Å². The van der Waals surface area contributed by atoms with Crippen molar-refractivity contribution >= 4 is 9.73 Å². The van der Waals surface area contributed by atoms with Gasteiger partial charge in [-0.15, -0.1) is 0 Å². The second-order valence-corrected chi connectivity index (χ2v) is 6.52. The van der Waals surface area contributed by atoms with E-state index in [0.29, 0.717) is 6.54 Å². The van der Waals surface area contributed by atoms with Gasteiger partial charge in [0, 0.05) is 34.3 Å². The van der Waals surface area contributed by atoms with Gasteiger partial charge in [0.2, 0.25) is 0 Å². The quantitative estimate of drug-likeness (QED) is 0.722. The highest BCUT2D eigenvalue weighted by Crippen LogP contribution is 2.13. The summed E-state index contributed by atoms with van der Waals surface area (Å²) in [4.78, 5) is 0. The van der Waals surface area contributed by atoms with E-state index in [1.807, 2.05) is 0 Å². The van der Waals surface area contributed by atoms with Crippen molar-refractivity contribution in [3.05, 3.63) is 0 Å². The molecule has 0 bridgehead atoms. The van der Waals surface area contributed by atoms with Gasteiger partial charge in [-0.05, 0) is 12.8 Å². The molecule has 14 heavy (non-hydrogen) atoms. The highest BCUT2D eigenvalue weighted by atomic mass is 32.2. The van der Waals surface area contributed by atoms with Gasteiger partial charge >= 0.3 is 0 Å². The zero-order valence-corrected chi connectivity index (χ0v) is 9.22. The smallest absolute Gasteiger partial charge is 0.0902 e. The van der Waals surface area contributed by atoms with Crippen LogP contribution in [0.15, 0.2) is 4.36 Å². The van der Waals surface area contributed by atoms with E-state index in [1.54, 1.807) is 0 Å². The van der Waals surface area contributed by atoms with Crippen LogP contribution >= 0.6 is 0 Å². The van der Waals surface area contributed by atoms with Crippen LogP contribution in [0.5, 0.6) is 0 Å². The number of nitrogens with one attached hydrogen (secondary N) is 1. The first kappa shape index (κ1) is 10.4. The van der Waals surface area contributed by atoms with Crippen molar-refractivity contribution in [2.24, 2.45) is 4.36 Å². The van der Waals surface area contributed by atoms with Gasteiger partial charge in [-0.1, -0.05) is 0 Å². The van der Waals surface area contributed by atoms with Gasteiger partial charge < -0.3 is 10.1 Å². The lowest BCUT2D eigenvalue weighted by molar-refractivity contribution is 0.0351. The normalized spacial score (nSPS) is 31.6. The molecule has 1 unspecified atom stereocenters. The molecular weight excluding hydrogens is 200 g/mol. The van der Waals surface area contributed by atoms with Gasteiger partial charge in [-0.3, -0.25) is 0 Å². The van der Waals surface area contributed by atoms with Crippen molar-refractivity contribution in [2.75, 3.05) is 37.7 Å². The zero-order valence-electron chi connectivity index (χ0n) is 8.41. The summed E-state index contributed by atoms with van der Waals surface area (Å²) in [6, 6.07) is 0. The summed E-state index contributed by atoms with van der Waals surface area (Å²) in [6.07, 6.45) is 2.29. The maximum absolute atomic E-state index is 12.0. The fraction of sp³-hybridized carbons (Fsp3) is 1.00. The van der Waals surface area contributed by atoms with Crippen LogP contribution in [-0.2, 0) is 14.5 Å². The molecule has 5 heteroatoms. The minimum Gasteiger partial charge on any atom is -0.374 e. The molecule has 0 aliphatic carbocycles. The number of morpholine rings is 1. The van der Waals surface area contributed by atoms with E-state index < -0.39 is 9.73 Å². The van der Waals surface area contributed by atoms with E-state index in [4.69, 9.17) is 4.74 Å². The summed E-state index contributed by atoms with van der Waals surface area (Å²) in [5.41, 5.74) is 0. The average Bonchev–Trinajstić information content (AvgIpc) is 2.65. The summed E-state index contributed by atoms with van der Waals surface area (Å²) in [7, 11) is -1.84. The predicted octanol–water partition coefficient (Wildman–Crippen LogP) is 0.237. The number of ether oxygens (including phenoxy) is 1. The molecule has 4 nitrogen and oxygen atoms in total. The average molecular weight is 218 g/mol. The first-order valence-corrected chi connectivity index (χ1v) is 7.14.